The van der Waals surface area contributed by atoms with Crippen LogP contribution in [0.4, 0.5) is 0 Å². The van der Waals surface area contributed by atoms with Crippen molar-refractivity contribution in [3.8, 4) is 0 Å². The highest BCUT2D eigenvalue weighted by Crippen LogP contribution is 2.09. The number of hydrogen-bond donors (Lipinski definition) is 1. The lowest BCUT2D eigenvalue weighted by atomic mass is 10.1. The van der Waals surface area contributed by atoms with E-state index in [-0.39, 0.29) is 0 Å². The average molecular weight is 230 g/mol. The number of rotatable bonds is 4. The van der Waals surface area contributed by atoms with Crippen LogP contribution in [0.5, 0.6) is 0 Å². The summed E-state index contributed by atoms with van der Waals surface area (Å²) < 4.78 is 1.80. The molecule has 0 unspecified atom stereocenters. The SMILES string of the molecule is CCc1ccc(Cc2nc(CN)nn2C)cc1. The molecule has 0 bridgehead atoms. The number of nitrogens with zero attached hydrogens (tertiary/aromatic N) is 3. The molecule has 4 heteroatoms. The molecule has 0 fully saturated rings. The molecule has 2 N–H and O–H groups in total. The monoisotopic (exact) mass is 230 g/mol. The zero-order valence-electron chi connectivity index (χ0n) is 10.3. The van der Waals surface area contributed by atoms with Crippen molar-refractivity contribution in [2.45, 2.75) is 26.3 Å². The van der Waals surface area contributed by atoms with Crippen LogP contribution in [0.2, 0.25) is 0 Å². The van der Waals surface area contributed by atoms with Crippen molar-refractivity contribution in [1.82, 2.24) is 14.8 Å². The van der Waals surface area contributed by atoms with E-state index < -0.39 is 0 Å². The van der Waals surface area contributed by atoms with Gasteiger partial charge in [0.25, 0.3) is 0 Å². The van der Waals surface area contributed by atoms with E-state index in [2.05, 4.69) is 41.3 Å². The molecule has 17 heavy (non-hydrogen) atoms. The van der Waals surface area contributed by atoms with E-state index in [0.29, 0.717) is 12.4 Å². The molecule has 4 nitrogen and oxygen atoms in total. The van der Waals surface area contributed by atoms with Gasteiger partial charge in [0, 0.05) is 13.5 Å². The highest BCUT2D eigenvalue weighted by atomic mass is 15.3. The summed E-state index contributed by atoms with van der Waals surface area (Å²) in [6, 6.07) is 8.62. The van der Waals surface area contributed by atoms with Gasteiger partial charge >= 0.3 is 0 Å². The quantitative estimate of drug-likeness (QED) is 0.864. The molecule has 90 valence electrons. The maximum absolute atomic E-state index is 5.52. The minimum absolute atomic E-state index is 0.391. The first-order chi connectivity index (χ1) is 8.22. The van der Waals surface area contributed by atoms with Crippen molar-refractivity contribution < 1.29 is 0 Å². The molecule has 0 aliphatic heterocycles. The molecule has 2 rings (SSSR count). The van der Waals surface area contributed by atoms with Crippen LogP contribution in [0.25, 0.3) is 0 Å². The van der Waals surface area contributed by atoms with Crippen LogP contribution in [-0.2, 0) is 26.4 Å². The summed E-state index contributed by atoms with van der Waals surface area (Å²) in [4.78, 5) is 4.39. The topological polar surface area (TPSA) is 56.7 Å². The van der Waals surface area contributed by atoms with Gasteiger partial charge in [-0.15, -0.1) is 0 Å². The van der Waals surface area contributed by atoms with Gasteiger partial charge in [-0.3, -0.25) is 4.68 Å². The van der Waals surface area contributed by atoms with E-state index in [1.165, 1.54) is 11.1 Å². The lowest BCUT2D eigenvalue weighted by molar-refractivity contribution is 0.705. The molecule has 0 radical (unpaired) electrons. The Morgan fingerprint density at radius 1 is 1.18 bits per heavy atom. The van der Waals surface area contributed by atoms with Gasteiger partial charge in [0.1, 0.15) is 5.82 Å². The fourth-order valence-electron chi connectivity index (χ4n) is 1.79. The maximum Gasteiger partial charge on any atom is 0.164 e. The van der Waals surface area contributed by atoms with Crippen molar-refractivity contribution in [3.63, 3.8) is 0 Å². The van der Waals surface area contributed by atoms with E-state index in [1.54, 1.807) is 4.68 Å². The van der Waals surface area contributed by atoms with Crippen molar-refractivity contribution in [3.05, 3.63) is 47.0 Å². The smallest absolute Gasteiger partial charge is 0.164 e. The van der Waals surface area contributed by atoms with Gasteiger partial charge < -0.3 is 5.73 Å². The van der Waals surface area contributed by atoms with Crippen molar-refractivity contribution in [2.75, 3.05) is 0 Å². The van der Waals surface area contributed by atoms with Crippen molar-refractivity contribution >= 4 is 0 Å². The van der Waals surface area contributed by atoms with Crippen molar-refractivity contribution in [1.29, 1.82) is 0 Å². The maximum atomic E-state index is 5.52. The largest absolute Gasteiger partial charge is 0.324 e. The Bertz CT molecular complexity index is 485. The third kappa shape index (κ3) is 2.71. The van der Waals surface area contributed by atoms with Gasteiger partial charge in [0.15, 0.2) is 5.82 Å². The molecule has 0 atom stereocenters. The fraction of sp³-hybridized carbons (Fsp3) is 0.385. The summed E-state index contributed by atoms with van der Waals surface area (Å²) in [6.07, 6.45) is 1.87. The van der Waals surface area contributed by atoms with Gasteiger partial charge in [-0.2, -0.15) is 5.10 Å². The third-order valence-electron chi connectivity index (χ3n) is 2.87. The Morgan fingerprint density at radius 3 is 2.35 bits per heavy atom. The molecule has 0 aliphatic rings. The summed E-state index contributed by atoms with van der Waals surface area (Å²) in [7, 11) is 1.90. The molecule has 0 saturated heterocycles. The number of aryl methyl sites for hydroxylation is 2. The van der Waals surface area contributed by atoms with Crippen LogP contribution in [0.1, 0.15) is 29.7 Å². The molecule has 0 aliphatic carbocycles. The predicted molar refractivity (Wildman–Crippen MR) is 67.5 cm³/mol. The Balaban J connectivity index is 2.16. The molecular weight excluding hydrogens is 212 g/mol. The van der Waals surface area contributed by atoms with Gasteiger partial charge in [-0.25, -0.2) is 4.98 Å². The zero-order valence-corrected chi connectivity index (χ0v) is 10.3. The van der Waals surface area contributed by atoms with Crippen molar-refractivity contribution in [2.24, 2.45) is 12.8 Å². The van der Waals surface area contributed by atoms with Gasteiger partial charge in [0.05, 0.1) is 6.54 Å². The average Bonchev–Trinajstić information content (AvgIpc) is 2.71. The van der Waals surface area contributed by atoms with E-state index in [0.717, 1.165) is 18.7 Å². The van der Waals surface area contributed by atoms with Crippen LogP contribution < -0.4 is 5.73 Å². The minimum Gasteiger partial charge on any atom is -0.324 e. The normalized spacial score (nSPS) is 10.8. The van der Waals surface area contributed by atoms with Crippen LogP contribution in [0.3, 0.4) is 0 Å². The molecule has 1 heterocycles. The number of hydrogen-bond acceptors (Lipinski definition) is 3. The first kappa shape index (κ1) is 11.8. The van der Waals surface area contributed by atoms with Crippen LogP contribution in [-0.4, -0.2) is 14.8 Å². The summed E-state index contributed by atoms with van der Waals surface area (Å²) in [5.74, 6) is 1.65. The lowest BCUT2D eigenvalue weighted by Gasteiger charge is -2.02. The Kier molecular flexibility index (Phi) is 3.54. The standard InChI is InChI=1S/C13H18N4/c1-3-10-4-6-11(7-5-10)8-13-15-12(9-14)16-17(13)2/h4-7H,3,8-9,14H2,1-2H3. The Hall–Kier alpha value is -1.68. The summed E-state index contributed by atoms with van der Waals surface area (Å²) in [5.41, 5.74) is 8.13. The van der Waals surface area contributed by atoms with E-state index in [1.807, 2.05) is 7.05 Å². The highest BCUT2D eigenvalue weighted by molar-refractivity contribution is 5.24. The molecule has 0 amide bonds. The number of aromatic nitrogens is 3. The van der Waals surface area contributed by atoms with Crippen LogP contribution >= 0.6 is 0 Å². The molecule has 1 aromatic heterocycles. The number of nitrogens with two attached hydrogens (primary N) is 1. The second-order valence-electron chi connectivity index (χ2n) is 4.12. The third-order valence-corrected chi connectivity index (χ3v) is 2.87. The van der Waals surface area contributed by atoms with Gasteiger partial charge in [-0.05, 0) is 17.5 Å². The Morgan fingerprint density at radius 2 is 1.82 bits per heavy atom. The molecule has 2 aromatic rings. The van der Waals surface area contributed by atoms with Crippen LogP contribution in [0, 0.1) is 0 Å². The lowest BCUT2D eigenvalue weighted by Crippen LogP contribution is -2.00. The predicted octanol–water partition coefficient (Wildman–Crippen LogP) is 1.43. The van der Waals surface area contributed by atoms with Gasteiger partial charge in [-0.1, -0.05) is 31.2 Å². The first-order valence-corrected chi connectivity index (χ1v) is 5.89. The minimum atomic E-state index is 0.391. The molecular formula is C13H18N4. The van der Waals surface area contributed by atoms with E-state index in [9.17, 15) is 0 Å². The summed E-state index contributed by atoms with van der Waals surface area (Å²) >= 11 is 0. The summed E-state index contributed by atoms with van der Waals surface area (Å²) in [5, 5.41) is 4.24. The Labute approximate surface area is 101 Å². The second-order valence-corrected chi connectivity index (χ2v) is 4.12. The van der Waals surface area contributed by atoms with Crippen LogP contribution in [0.15, 0.2) is 24.3 Å². The molecule has 1 aromatic carbocycles. The van der Waals surface area contributed by atoms with Gasteiger partial charge in [0.2, 0.25) is 0 Å². The summed E-state index contributed by atoms with van der Waals surface area (Å²) in [6.45, 7) is 2.55. The van der Waals surface area contributed by atoms with E-state index in [4.69, 9.17) is 5.73 Å². The zero-order chi connectivity index (χ0) is 12.3. The number of benzene rings is 1. The fourth-order valence-corrected chi connectivity index (χ4v) is 1.79. The molecule has 0 saturated carbocycles. The highest BCUT2D eigenvalue weighted by Gasteiger charge is 2.06. The first-order valence-electron chi connectivity index (χ1n) is 5.89. The van der Waals surface area contributed by atoms with E-state index >= 15 is 0 Å². The molecule has 0 spiro atoms. The second kappa shape index (κ2) is 5.10.